The molecule has 88 valence electrons. The van der Waals surface area contributed by atoms with Crippen molar-refractivity contribution in [1.82, 2.24) is 5.43 Å². The summed E-state index contributed by atoms with van der Waals surface area (Å²) in [5.41, 5.74) is 7.01. The molecule has 0 aromatic heterocycles. The van der Waals surface area contributed by atoms with E-state index in [0.717, 1.165) is 5.92 Å². The minimum absolute atomic E-state index is 0.324. The smallest absolute Gasteiger partial charge is 0.0465 e. The number of nitrogens with two attached hydrogens (primary N) is 1. The van der Waals surface area contributed by atoms with Crippen LogP contribution in [-0.4, -0.2) is 0 Å². The molecule has 1 fully saturated rings. The molecular formula is C14H22N2. The number of hydrazine groups is 1. The van der Waals surface area contributed by atoms with Crippen molar-refractivity contribution in [3.05, 3.63) is 34.9 Å². The molecule has 1 aromatic carbocycles. The van der Waals surface area contributed by atoms with E-state index in [2.05, 4.69) is 37.5 Å². The van der Waals surface area contributed by atoms with E-state index in [-0.39, 0.29) is 0 Å². The fourth-order valence-electron chi connectivity index (χ4n) is 2.48. The summed E-state index contributed by atoms with van der Waals surface area (Å²) in [6.45, 7) is 4.31. The fourth-order valence-corrected chi connectivity index (χ4v) is 2.48. The van der Waals surface area contributed by atoms with E-state index in [1.165, 1.54) is 42.4 Å². The highest BCUT2D eigenvalue weighted by molar-refractivity contribution is 5.33. The molecule has 0 heterocycles. The van der Waals surface area contributed by atoms with Crippen LogP contribution >= 0.6 is 0 Å². The summed E-state index contributed by atoms with van der Waals surface area (Å²) in [5.74, 6) is 6.58. The third kappa shape index (κ3) is 2.45. The maximum Gasteiger partial charge on any atom is 0.0465 e. The molecule has 2 heteroatoms. The van der Waals surface area contributed by atoms with Crippen LogP contribution in [-0.2, 0) is 0 Å². The van der Waals surface area contributed by atoms with Crippen LogP contribution in [0, 0.1) is 19.8 Å². The predicted molar refractivity (Wildman–Crippen MR) is 67.9 cm³/mol. The van der Waals surface area contributed by atoms with E-state index >= 15 is 0 Å². The topological polar surface area (TPSA) is 38.0 Å². The molecule has 1 aliphatic rings. The summed E-state index contributed by atoms with van der Waals surface area (Å²) in [7, 11) is 0. The summed E-state index contributed by atoms with van der Waals surface area (Å²) in [5, 5.41) is 0. The normalized spacial score (nSPS) is 18.2. The first kappa shape index (κ1) is 11.6. The van der Waals surface area contributed by atoms with Crippen LogP contribution in [0.15, 0.2) is 18.2 Å². The minimum atomic E-state index is 0.324. The molecule has 1 saturated carbocycles. The zero-order valence-electron chi connectivity index (χ0n) is 10.3. The molecule has 2 nitrogen and oxygen atoms in total. The molecule has 0 amide bonds. The van der Waals surface area contributed by atoms with Crippen molar-refractivity contribution in [2.24, 2.45) is 11.8 Å². The molecule has 0 bridgehead atoms. The number of rotatable bonds is 4. The molecule has 16 heavy (non-hydrogen) atoms. The lowest BCUT2D eigenvalue weighted by Gasteiger charge is -2.30. The van der Waals surface area contributed by atoms with Crippen LogP contribution in [0.5, 0.6) is 0 Å². The van der Waals surface area contributed by atoms with Gasteiger partial charge in [-0.2, -0.15) is 0 Å². The number of aryl methyl sites for hydroxylation is 2. The molecule has 1 aliphatic carbocycles. The summed E-state index contributed by atoms with van der Waals surface area (Å²) in [6.07, 6.45) is 5.33. The first-order valence-electron chi connectivity index (χ1n) is 6.24. The van der Waals surface area contributed by atoms with Gasteiger partial charge in [-0.25, -0.2) is 0 Å². The monoisotopic (exact) mass is 218 g/mol. The lowest BCUT2D eigenvalue weighted by Crippen LogP contribution is -2.31. The molecule has 3 N–H and O–H groups in total. The Morgan fingerprint density at radius 2 is 2.12 bits per heavy atom. The average Bonchev–Trinajstić information content (AvgIpc) is 2.21. The van der Waals surface area contributed by atoms with Crippen molar-refractivity contribution in [2.45, 2.75) is 45.6 Å². The molecule has 0 spiro atoms. The van der Waals surface area contributed by atoms with Crippen molar-refractivity contribution in [1.29, 1.82) is 0 Å². The van der Waals surface area contributed by atoms with Crippen LogP contribution in [0.25, 0.3) is 0 Å². The van der Waals surface area contributed by atoms with E-state index in [1.54, 1.807) is 0 Å². The average molecular weight is 218 g/mol. The highest BCUT2D eigenvalue weighted by Crippen LogP contribution is 2.35. The van der Waals surface area contributed by atoms with Gasteiger partial charge in [0.1, 0.15) is 0 Å². The van der Waals surface area contributed by atoms with Crippen molar-refractivity contribution in [2.75, 3.05) is 0 Å². The summed E-state index contributed by atoms with van der Waals surface area (Å²) < 4.78 is 0. The van der Waals surface area contributed by atoms with Gasteiger partial charge in [0.15, 0.2) is 0 Å². The summed E-state index contributed by atoms with van der Waals surface area (Å²) in [4.78, 5) is 0. The quantitative estimate of drug-likeness (QED) is 0.602. The Morgan fingerprint density at radius 3 is 2.69 bits per heavy atom. The molecule has 0 aliphatic heterocycles. The van der Waals surface area contributed by atoms with E-state index in [4.69, 9.17) is 5.84 Å². The van der Waals surface area contributed by atoms with Gasteiger partial charge < -0.3 is 0 Å². The Balaban J connectivity index is 2.14. The van der Waals surface area contributed by atoms with Crippen LogP contribution < -0.4 is 11.3 Å². The lowest BCUT2D eigenvalue weighted by molar-refractivity contribution is 0.261. The van der Waals surface area contributed by atoms with Gasteiger partial charge in [-0.05, 0) is 37.3 Å². The first-order chi connectivity index (χ1) is 7.70. The highest BCUT2D eigenvalue weighted by atomic mass is 15.2. The minimum Gasteiger partial charge on any atom is -0.271 e. The SMILES string of the molecule is Cc1ccc(C)c(C(CC2CCC2)NN)c1. The largest absolute Gasteiger partial charge is 0.271 e. The van der Waals surface area contributed by atoms with Crippen molar-refractivity contribution < 1.29 is 0 Å². The highest BCUT2D eigenvalue weighted by Gasteiger charge is 2.23. The van der Waals surface area contributed by atoms with Gasteiger partial charge in [0.25, 0.3) is 0 Å². The maximum atomic E-state index is 5.70. The van der Waals surface area contributed by atoms with Crippen LogP contribution in [0.1, 0.15) is 48.4 Å². The number of hydrogen-bond donors (Lipinski definition) is 2. The second-order valence-electron chi connectivity index (χ2n) is 5.11. The zero-order valence-corrected chi connectivity index (χ0v) is 10.3. The van der Waals surface area contributed by atoms with E-state index in [0.29, 0.717) is 6.04 Å². The van der Waals surface area contributed by atoms with Gasteiger partial charge in [-0.1, -0.05) is 43.0 Å². The van der Waals surface area contributed by atoms with Gasteiger partial charge in [-0.15, -0.1) is 0 Å². The molecule has 2 rings (SSSR count). The molecule has 1 atom stereocenters. The molecule has 1 unspecified atom stereocenters. The van der Waals surface area contributed by atoms with Gasteiger partial charge in [0.05, 0.1) is 0 Å². The van der Waals surface area contributed by atoms with Crippen molar-refractivity contribution in [3.63, 3.8) is 0 Å². The van der Waals surface area contributed by atoms with E-state index in [1.807, 2.05) is 0 Å². The van der Waals surface area contributed by atoms with Crippen LogP contribution in [0.3, 0.4) is 0 Å². The Labute approximate surface area is 98.2 Å². The Kier molecular flexibility index (Phi) is 3.62. The summed E-state index contributed by atoms with van der Waals surface area (Å²) >= 11 is 0. The maximum absolute atomic E-state index is 5.70. The van der Waals surface area contributed by atoms with Gasteiger partial charge in [-0.3, -0.25) is 11.3 Å². The summed E-state index contributed by atoms with van der Waals surface area (Å²) in [6, 6.07) is 6.94. The first-order valence-corrected chi connectivity index (χ1v) is 6.24. The van der Waals surface area contributed by atoms with Crippen LogP contribution in [0.4, 0.5) is 0 Å². The van der Waals surface area contributed by atoms with Crippen LogP contribution in [0.2, 0.25) is 0 Å². The predicted octanol–water partition coefficient (Wildman–Crippen LogP) is 3.00. The van der Waals surface area contributed by atoms with Crippen molar-refractivity contribution >= 4 is 0 Å². The van der Waals surface area contributed by atoms with E-state index < -0.39 is 0 Å². The van der Waals surface area contributed by atoms with Gasteiger partial charge in [0.2, 0.25) is 0 Å². The molecule has 1 aromatic rings. The second kappa shape index (κ2) is 4.98. The third-order valence-electron chi connectivity index (χ3n) is 3.81. The molecule has 0 saturated heterocycles. The Morgan fingerprint density at radius 1 is 1.38 bits per heavy atom. The Bertz CT molecular complexity index is 356. The van der Waals surface area contributed by atoms with Gasteiger partial charge >= 0.3 is 0 Å². The molecular weight excluding hydrogens is 196 g/mol. The number of nitrogens with one attached hydrogen (secondary N) is 1. The molecule has 0 radical (unpaired) electrons. The second-order valence-corrected chi connectivity index (χ2v) is 5.11. The fraction of sp³-hybridized carbons (Fsp3) is 0.571. The zero-order chi connectivity index (χ0) is 11.5. The number of benzene rings is 1. The Hall–Kier alpha value is -0.860. The van der Waals surface area contributed by atoms with Gasteiger partial charge in [0, 0.05) is 6.04 Å². The lowest BCUT2D eigenvalue weighted by atomic mass is 9.79. The number of hydrogen-bond acceptors (Lipinski definition) is 2. The third-order valence-corrected chi connectivity index (χ3v) is 3.81. The van der Waals surface area contributed by atoms with E-state index in [9.17, 15) is 0 Å². The van der Waals surface area contributed by atoms with Crippen molar-refractivity contribution in [3.8, 4) is 0 Å². The standard InChI is InChI=1S/C14H22N2/c1-10-6-7-11(2)13(8-10)14(16-15)9-12-4-3-5-12/h6-8,12,14,16H,3-5,9,15H2,1-2H3.